The van der Waals surface area contributed by atoms with Gasteiger partial charge in [0.2, 0.25) is 11.8 Å². The number of benzene rings is 3. The summed E-state index contributed by atoms with van der Waals surface area (Å²) in [5.41, 5.74) is 2.60. The van der Waals surface area contributed by atoms with Crippen molar-refractivity contribution in [2.45, 2.75) is 58.5 Å². The fourth-order valence-electron chi connectivity index (χ4n) is 4.40. The molecule has 0 aliphatic rings. The maximum atomic E-state index is 14.2. The van der Waals surface area contributed by atoms with Gasteiger partial charge in [-0.05, 0) is 73.2 Å². The van der Waals surface area contributed by atoms with Crippen LogP contribution in [-0.2, 0) is 26.2 Å². The molecule has 0 fully saturated rings. The van der Waals surface area contributed by atoms with Crippen LogP contribution < -0.4 is 9.62 Å². The molecule has 0 aliphatic heterocycles. The van der Waals surface area contributed by atoms with Crippen molar-refractivity contribution in [3.8, 4) is 0 Å². The zero-order valence-corrected chi connectivity index (χ0v) is 26.4. The van der Waals surface area contributed by atoms with Gasteiger partial charge >= 0.3 is 0 Å². The molecule has 0 aromatic heterocycles. The fraction of sp³-hybridized carbons (Fsp3) is 0.355. The fourth-order valence-corrected chi connectivity index (χ4v) is 6.21. The van der Waals surface area contributed by atoms with E-state index in [1.165, 1.54) is 17.0 Å². The highest BCUT2D eigenvalue weighted by Crippen LogP contribution is 2.29. The van der Waals surface area contributed by atoms with Gasteiger partial charge in [0.25, 0.3) is 10.0 Å². The van der Waals surface area contributed by atoms with E-state index in [0.29, 0.717) is 39.8 Å². The largest absolute Gasteiger partial charge is 0.354 e. The summed E-state index contributed by atoms with van der Waals surface area (Å²) in [4.78, 5) is 29.0. The van der Waals surface area contributed by atoms with E-state index in [1.807, 2.05) is 39.8 Å². The average Bonchev–Trinajstić information content (AvgIpc) is 2.94. The second kappa shape index (κ2) is 14.2. The quantitative estimate of drug-likeness (QED) is 0.255. The third-order valence-corrected chi connectivity index (χ3v) is 9.16. The summed E-state index contributed by atoms with van der Waals surface area (Å²) in [6.07, 6.45) is 0.325. The topological polar surface area (TPSA) is 86.8 Å². The molecule has 0 spiro atoms. The standard InChI is InChI=1S/C31H37Cl2N3O4S/c1-6-28(31(38)34-18-21(2)3)35(19-24-14-15-26(32)27(33)17-24)30(37)20-36(29-16-22(4)12-13-23(29)5)41(39,40)25-10-8-7-9-11-25/h7-17,21,28H,6,18-20H2,1-5H3,(H,34,38)/t28-/m1/s1. The maximum Gasteiger partial charge on any atom is 0.264 e. The summed E-state index contributed by atoms with van der Waals surface area (Å²) in [5, 5.41) is 3.60. The normalized spacial score (nSPS) is 12.2. The van der Waals surface area contributed by atoms with Crippen molar-refractivity contribution >= 4 is 50.7 Å². The number of aryl methyl sites for hydroxylation is 2. The Hall–Kier alpha value is -3.07. The smallest absolute Gasteiger partial charge is 0.264 e. The van der Waals surface area contributed by atoms with Gasteiger partial charge in [-0.15, -0.1) is 0 Å². The SMILES string of the molecule is CC[C@H](C(=O)NCC(C)C)N(Cc1ccc(Cl)c(Cl)c1)C(=O)CN(c1cc(C)ccc1C)S(=O)(=O)c1ccccc1. The van der Waals surface area contributed by atoms with Crippen LogP contribution in [0, 0.1) is 19.8 Å². The van der Waals surface area contributed by atoms with Crippen LogP contribution in [0.2, 0.25) is 10.0 Å². The molecule has 3 aromatic rings. The van der Waals surface area contributed by atoms with E-state index in [-0.39, 0.29) is 23.3 Å². The van der Waals surface area contributed by atoms with E-state index in [2.05, 4.69) is 5.32 Å². The number of nitrogens with one attached hydrogen (secondary N) is 1. The lowest BCUT2D eigenvalue weighted by molar-refractivity contribution is -0.140. The minimum atomic E-state index is -4.13. The predicted octanol–water partition coefficient (Wildman–Crippen LogP) is 6.39. The van der Waals surface area contributed by atoms with E-state index in [9.17, 15) is 18.0 Å². The van der Waals surface area contributed by atoms with Crippen molar-refractivity contribution in [2.75, 3.05) is 17.4 Å². The van der Waals surface area contributed by atoms with Gasteiger partial charge in [-0.2, -0.15) is 0 Å². The van der Waals surface area contributed by atoms with Crippen LogP contribution in [0.1, 0.15) is 43.9 Å². The van der Waals surface area contributed by atoms with Gasteiger partial charge in [-0.25, -0.2) is 8.42 Å². The lowest BCUT2D eigenvalue weighted by Crippen LogP contribution is -2.52. The minimum Gasteiger partial charge on any atom is -0.354 e. The molecule has 0 saturated heterocycles. The van der Waals surface area contributed by atoms with Gasteiger partial charge < -0.3 is 10.2 Å². The number of nitrogens with zero attached hydrogens (tertiary/aromatic N) is 2. The molecule has 0 saturated carbocycles. The third kappa shape index (κ3) is 8.24. The maximum absolute atomic E-state index is 14.2. The monoisotopic (exact) mass is 617 g/mol. The Morgan fingerprint density at radius 1 is 0.927 bits per heavy atom. The summed E-state index contributed by atoms with van der Waals surface area (Å²) in [6.45, 7) is 9.42. The van der Waals surface area contributed by atoms with Crippen LogP contribution in [0.3, 0.4) is 0 Å². The number of rotatable bonds is 12. The summed E-state index contributed by atoms with van der Waals surface area (Å²) in [5.74, 6) is -0.617. The van der Waals surface area contributed by atoms with Crippen LogP contribution in [-0.4, -0.2) is 44.3 Å². The van der Waals surface area contributed by atoms with E-state index in [4.69, 9.17) is 23.2 Å². The number of halogens is 2. The first-order valence-electron chi connectivity index (χ1n) is 13.5. The third-order valence-electron chi connectivity index (χ3n) is 6.65. The summed E-state index contributed by atoms with van der Waals surface area (Å²) >= 11 is 12.4. The molecule has 220 valence electrons. The van der Waals surface area contributed by atoms with E-state index < -0.39 is 28.5 Å². The average molecular weight is 619 g/mol. The van der Waals surface area contributed by atoms with Gasteiger partial charge in [0.1, 0.15) is 12.6 Å². The highest BCUT2D eigenvalue weighted by atomic mass is 35.5. The van der Waals surface area contributed by atoms with Crippen LogP contribution in [0.5, 0.6) is 0 Å². The molecule has 0 bridgehead atoms. The molecule has 0 aliphatic carbocycles. The Bertz CT molecular complexity index is 1480. The molecular formula is C31H37Cl2N3O4S. The molecule has 0 heterocycles. The van der Waals surface area contributed by atoms with Gasteiger partial charge in [-0.1, -0.05) is 80.4 Å². The van der Waals surface area contributed by atoms with Crippen molar-refractivity contribution in [1.29, 1.82) is 0 Å². The molecular weight excluding hydrogens is 581 g/mol. The van der Waals surface area contributed by atoms with E-state index in [0.717, 1.165) is 9.87 Å². The van der Waals surface area contributed by atoms with Crippen LogP contribution in [0.25, 0.3) is 0 Å². The van der Waals surface area contributed by atoms with Crippen molar-refractivity contribution in [3.05, 3.63) is 93.5 Å². The summed E-state index contributed by atoms with van der Waals surface area (Å²) < 4.78 is 29.1. The Balaban J connectivity index is 2.09. The van der Waals surface area contributed by atoms with Gasteiger partial charge in [0.05, 0.1) is 20.6 Å². The number of carbonyl (C=O) groups excluding carboxylic acids is 2. The predicted molar refractivity (Wildman–Crippen MR) is 166 cm³/mol. The molecule has 10 heteroatoms. The first-order chi connectivity index (χ1) is 19.3. The lowest BCUT2D eigenvalue weighted by Gasteiger charge is -2.34. The van der Waals surface area contributed by atoms with Crippen LogP contribution in [0.4, 0.5) is 5.69 Å². The number of amides is 2. The molecule has 2 amide bonds. The molecule has 1 atom stereocenters. The van der Waals surface area contributed by atoms with Crippen molar-refractivity contribution in [2.24, 2.45) is 5.92 Å². The van der Waals surface area contributed by atoms with E-state index in [1.54, 1.807) is 49.4 Å². The number of anilines is 1. The molecule has 7 nitrogen and oxygen atoms in total. The Morgan fingerprint density at radius 3 is 2.22 bits per heavy atom. The zero-order valence-electron chi connectivity index (χ0n) is 24.0. The highest BCUT2D eigenvalue weighted by Gasteiger charge is 2.34. The number of hydrogen-bond donors (Lipinski definition) is 1. The zero-order chi connectivity index (χ0) is 30.3. The van der Waals surface area contributed by atoms with Crippen molar-refractivity contribution < 1.29 is 18.0 Å². The minimum absolute atomic E-state index is 0.0371. The van der Waals surface area contributed by atoms with Crippen molar-refractivity contribution in [3.63, 3.8) is 0 Å². The summed E-state index contributed by atoms with van der Waals surface area (Å²) in [7, 11) is -4.13. The van der Waals surface area contributed by atoms with Gasteiger partial charge in [0, 0.05) is 13.1 Å². The first kappa shape index (κ1) is 32.4. The number of carbonyl (C=O) groups is 2. The highest BCUT2D eigenvalue weighted by molar-refractivity contribution is 7.92. The lowest BCUT2D eigenvalue weighted by atomic mass is 10.1. The van der Waals surface area contributed by atoms with Crippen LogP contribution >= 0.6 is 23.2 Å². The van der Waals surface area contributed by atoms with Gasteiger partial charge in [-0.3, -0.25) is 13.9 Å². The number of hydrogen-bond acceptors (Lipinski definition) is 4. The molecule has 1 N–H and O–H groups in total. The number of sulfonamides is 1. The Kier molecular flexibility index (Phi) is 11.2. The second-order valence-corrected chi connectivity index (χ2v) is 13.1. The van der Waals surface area contributed by atoms with Crippen molar-refractivity contribution in [1.82, 2.24) is 10.2 Å². The molecule has 0 unspecified atom stereocenters. The Morgan fingerprint density at radius 2 is 1.61 bits per heavy atom. The first-order valence-corrected chi connectivity index (χ1v) is 15.7. The van der Waals surface area contributed by atoms with Gasteiger partial charge in [0.15, 0.2) is 0 Å². The summed E-state index contributed by atoms with van der Waals surface area (Å²) in [6, 6.07) is 17.6. The molecule has 3 rings (SSSR count). The molecule has 3 aromatic carbocycles. The van der Waals surface area contributed by atoms with Crippen LogP contribution in [0.15, 0.2) is 71.6 Å². The molecule has 41 heavy (non-hydrogen) atoms. The Labute approximate surface area is 253 Å². The second-order valence-electron chi connectivity index (χ2n) is 10.4. The van der Waals surface area contributed by atoms with E-state index >= 15 is 0 Å². The molecule has 0 radical (unpaired) electrons.